The van der Waals surface area contributed by atoms with Gasteiger partial charge in [0.25, 0.3) is 0 Å². The minimum absolute atomic E-state index is 0.0319. The molecular weight excluding hydrogens is 316 g/mol. The van der Waals surface area contributed by atoms with Crippen molar-refractivity contribution in [2.75, 3.05) is 23.0 Å². The predicted octanol–water partition coefficient (Wildman–Crippen LogP) is -2.22. The highest BCUT2D eigenvalue weighted by atomic mass is 32.2. The molecule has 0 bridgehead atoms. The summed E-state index contributed by atoms with van der Waals surface area (Å²) in [5, 5.41) is -0.969. The zero-order chi connectivity index (χ0) is 14.3. The molecule has 2 N–H and O–H groups in total. The minimum atomic E-state index is -3.79. The third-order valence-electron chi connectivity index (χ3n) is 3.27. The molecule has 2 rings (SSSR count). The number of hydrogen-bond donors (Lipinski definition) is 2. The maximum absolute atomic E-state index is 11.9. The van der Waals surface area contributed by atoms with Crippen molar-refractivity contribution in [1.82, 2.24) is 10.3 Å². The molecule has 112 valence electrons. The highest BCUT2D eigenvalue weighted by molar-refractivity contribution is 7.95. The van der Waals surface area contributed by atoms with Crippen LogP contribution < -0.4 is 10.3 Å². The first-order valence-corrected chi connectivity index (χ1v) is 11.0. The Kier molecular flexibility index (Phi) is 3.95. The molecule has 2 unspecified atom stereocenters. The van der Waals surface area contributed by atoms with Crippen LogP contribution in [0.25, 0.3) is 0 Å². The molecule has 0 aliphatic carbocycles. The van der Waals surface area contributed by atoms with Crippen LogP contribution in [0.1, 0.15) is 12.8 Å². The summed E-state index contributed by atoms with van der Waals surface area (Å²) in [6.07, 6.45) is 0.413. The van der Waals surface area contributed by atoms with Crippen molar-refractivity contribution in [2.24, 2.45) is 0 Å². The van der Waals surface area contributed by atoms with Gasteiger partial charge in [-0.15, -0.1) is 0 Å². The number of rotatable bonds is 4. The number of nitrogens with one attached hydrogen (secondary N) is 2. The van der Waals surface area contributed by atoms with Crippen molar-refractivity contribution >= 4 is 29.7 Å². The molecule has 0 aromatic heterocycles. The molecule has 2 heterocycles. The maximum Gasteiger partial charge on any atom is 0.228 e. The standard InChI is InChI=1S/C8H16N2O6S3/c11-17(12)3-1-7(5-17)9-10-19(15,16)8-2-4-18(13,14)6-8/h7-10H,1-6H2. The first kappa shape index (κ1) is 15.2. The summed E-state index contributed by atoms with van der Waals surface area (Å²) in [5.41, 5.74) is 2.47. The summed E-state index contributed by atoms with van der Waals surface area (Å²) in [6.45, 7) is 0. The smallest absolute Gasteiger partial charge is 0.228 e. The topological polar surface area (TPSA) is 126 Å². The average Bonchev–Trinajstić information content (AvgIpc) is 2.79. The van der Waals surface area contributed by atoms with E-state index in [2.05, 4.69) is 10.3 Å². The fraction of sp³-hybridized carbons (Fsp3) is 1.00. The van der Waals surface area contributed by atoms with Crippen molar-refractivity contribution in [3.05, 3.63) is 0 Å². The van der Waals surface area contributed by atoms with Gasteiger partial charge in [-0.2, -0.15) is 4.83 Å². The van der Waals surface area contributed by atoms with Crippen LogP contribution in [0.5, 0.6) is 0 Å². The normalized spacial score (nSPS) is 33.5. The van der Waals surface area contributed by atoms with E-state index >= 15 is 0 Å². The van der Waals surface area contributed by atoms with Gasteiger partial charge in [-0.3, -0.25) is 0 Å². The molecule has 0 aromatic rings. The van der Waals surface area contributed by atoms with Gasteiger partial charge >= 0.3 is 0 Å². The Morgan fingerprint density at radius 2 is 1.47 bits per heavy atom. The Morgan fingerprint density at radius 3 is 1.95 bits per heavy atom. The Bertz CT molecular complexity index is 651. The molecule has 2 atom stereocenters. The van der Waals surface area contributed by atoms with Gasteiger partial charge in [0.15, 0.2) is 19.7 Å². The summed E-state index contributed by atoms with van der Waals surface area (Å²) >= 11 is 0. The highest BCUT2D eigenvalue weighted by Crippen LogP contribution is 2.18. The van der Waals surface area contributed by atoms with Crippen molar-refractivity contribution < 1.29 is 25.3 Å². The van der Waals surface area contributed by atoms with Gasteiger partial charge in [-0.05, 0) is 12.8 Å². The zero-order valence-corrected chi connectivity index (χ0v) is 12.5. The second kappa shape index (κ2) is 4.95. The summed E-state index contributed by atoms with van der Waals surface area (Å²) < 4.78 is 68.6. The van der Waals surface area contributed by atoms with E-state index in [9.17, 15) is 25.3 Å². The van der Waals surface area contributed by atoms with Crippen LogP contribution in [0.4, 0.5) is 0 Å². The Morgan fingerprint density at radius 1 is 0.895 bits per heavy atom. The molecule has 11 heteroatoms. The lowest BCUT2D eigenvalue weighted by Gasteiger charge is -2.15. The van der Waals surface area contributed by atoms with Crippen LogP contribution >= 0.6 is 0 Å². The summed E-state index contributed by atoms with van der Waals surface area (Å²) in [7, 11) is -10.2. The summed E-state index contributed by atoms with van der Waals surface area (Å²) in [6, 6.07) is -0.460. The van der Waals surface area contributed by atoms with E-state index in [1.165, 1.54) is 0 Å². The highest BCUT2D eigenvalue weighted by Gasteiger charge is 2.38. The Balaban J connectivity index is 1.92. The molecule has 0 radical (unpaired) electrons. The molecule has 19 heavy (non-hydrogen) atoms. The van der Waals surface area contributed by atoms with Crippen LogP contribution in [0, 0.1) is 0 Å². The summed E-state index contributed by atoms with van der Waals surface area (Å²) in [5.74, 6) is -0.591. The predicted molar refractivity (Wildman–Crippen MR) is 69.3 cm³/mol. The molecule has 8 nitrogen and oxygen atoms in total. The Hall–Kier alpha value is -0.230. The second-order valence-electron chi connectivity index (χ2n) is 4.92. The third-order valence-corrected chi connectivity index (χ3v) is 8.70. The fourth-order valence-corrected chi connectivity index (χ4v) is 7.79. The second-order valence-corrected chi connectivity index (χ2v) is 11.3. The molecular formula is C8H16N2O6S3. The molecule has 0 saturated carbocycles. The fourth-order valence-electron chi connectivity index (χ4n) is 2.16. The van der Waals surface area contributed by atoms with E-state index < -0.39 is 41.0 Å². The van der Waals surface area contributed by atoms with Crippen molar-refractivity contribution in [1.29, 1.82) is 0 Å². The lowest BCUT2D eigenvalue weighted by Crippen LogP contribution is -2.48. The zero-order valence-electron chi connectivity index (χ0n) is 10.1. The van der Waals surface area contributed by atoms with Gasteiger partial charge in [0, 0.05) is 6.04 Å². The SMILES string of the molecule is O=S1(=O)CCC(NNS(=O)(=O)C2CCS(=O)(=O)C2)C1. The lowest BCUT2D eigenvalue weighted by molar-refractivity contribution is 0.499. The monoisotopic (exact) mass is 332 g/mol. The van der Waals surface area contributed by atoms with Gasteiger partial charge in [0.1, 0.15) is 0 Å². The van der Waals surface area contributed by atoms with Gasteiger partial charge in [0.05, 0.1) is 28.3 Å². The number of sulfone groups is 2. The lowest BCUT2D eigenvalue weighted by atomic mass is 10.3. The first-order valence-electron chi connectivity index (χ1n) is 5.77. The van der Waals surface area contributed by atoms with Gasteiger partial charge in [0.2, 0.25) is 10.0 Å². The molecule has 2 saturated heterocycles. The van der Waals surface area contributed by atoms with Crippen LogP contribution in [-0.4, -0.2) is 59.6 Å². The Labute approximate surface area is 112 Å². The molecule has 2 aliphatic heterocycles. The molecule has 0 amide bonds. The van der Waals surface area contributed by atoms with Crippen LogP contribution in [0.15, 0.2) is 0 Å². The molecule has 0 spiro atoms. The van der Waals surface area contributed by atoms with Gasteiger partial charge < -0.3 is 0 Å². The van der Waals surface area contributed by atoms with E-state index in [0.717, 1.165) is 0 Å². The molecule has 2 fully saturated rings. The van der Waals surface area contributed by atoms with E-state index in [0.29, 0.717) is 6.42 Å². The quantitative estimate of drug-likeness (QED) is 0.559. The van der Waals surface area contributed by atoms with Crippen LogP contribution in [0.3, 0.4) is 0 Å². The van der Waals surface area contributed by atoms with Gasteiger partial charge in [-0.1, -0.05) is 0 Å². The van der Waals surface area contributed by atoms with Crippen LogP contribution in [-0.2, 0) is 29.7 Å². The van der Waals surface area contributed by atoms with E-state index in [1.54, 1.807) is 0 Å². The van der Waals surface area contributed by atoms with E-state index in [-0.39, 0.29) is 29.4 Å². The van der Waals surface area contributed by atoms with Gasteiger partial charge in [-0.25, -0.2) is 30.7 Å². The van der Waals surface area contributed by atoms with Crippen molar-refractivity contribution in [3.8, 4) is 0 Å². The molecule has 0 aromatic carbocycles. The van der Waals surface area contributed by atoms with E-state index in [1.807, 2.05) is 0 Å². The van der Waals surface area contributed by atoms with Crippen molar-refractivity contribution in [2.45, 2.75) is 24.1 Å². The molecule has 2 aliphatic rings. The minimum Gasteiger partial charge on any atom is -0.240 e. The summed E-state index contributed by atoms with van der Waals surface area (Å²) in [4.78, 5) is 2.11. The first-order chi connectivity index (χ1) is 8.60. The largest absolute Gasteiger partial charge is 0.240 e. The maximum atomic E-state index is 11.9. The number of sulfonamides is 1. The van der Waals surface area contributed by atoms with Crippen molar-refractivity contribution in [3.63, 3.8) is 0 Å². The average molecular weight is 332 g/mol. The van der Waals surface area contributed by atoms with Crippen LogP contribution in [0.2, 0.25) is 0 Å². The number of hydrogen-bond acceptors (Lipinski definition) is 7. The number of hydrazine groups is 1. The van der Waals surface area contributed by atoms with E-state index in [4.69, 9.17) is 0 Å². The third kappa shape index (κ3) is 3.88.